The highest BCUT2D eigenvalue weighted by Gasteiger charge is 2.43. The molecule has 4 nitrogen and oxygen atoms in total. The summed E-state index contributed by atoms with van der Waals surface area (Å²) in [5.74, 6) is 0.0573. The van der Waals surface area contributed by atoms with E-state index in [1.165, 1.54) is 5.41 Å². The fourth-order valence-corrected chi connectivity index (χ4v) is 4.15. The minimum Gasteiger partial charge on any atom is -0.348 e. The third kappa shape index (κ3) is 3.36. The Morgan fingerprint density at radius 2 is 1.90 bits per heavy atom. The number of ether oxygens (including phenoxy) is 2. The van der Waals surface area contributed by atoms with E-state index in [9.17, 15) is 8.42 Å². The molecular weight excluding hydrogens is 288 g/mol. The van der Waals surface area contributed by atoms with Crippen molar-refractivity contribution in [3.05, 3.63) is 41.8 Å². The van der Waals surface area contributed by atoms with Gasteiger partial charge in [0.25, 0.3) is 0 Å². The van der Waals surface area contributed by atoms with E-state index < -0.39 is 9.84 Å². The van der Waals surface area contributed by atoms with Gasteiger partial charge in [-0.05, 0) is 30.9 Å². The fourth-order valence-electron chi connectivity index (χ4n) is 3.09. The van der Waals surface area contributed by atoms with Gasteiger partial charge in [0.1, 0.15) is 0 Å². The van der Waals surface area contributed by atoms with E-state index in [0.717, 1.165) is 25.7 Å². The molecule has 5 heteroatoms. The number of sulfone groups is 1. The van der Waals surface area contributed by atoms with Crippen molar-refractivity contribution < 1.29 is 17.9 Å². The van der Waals surface area contributed by atoms with Gasteiger partial charge >= 0.3 is 0 Å². The molecule has 1 unspecified atom stereocenters. The normalized spacial score (nSPS) is 25.0. The van der Waals surface area contributed by atoms with Crippen molar-refractivity contribution in [2.75, 3.05) is 13.2 Å². The van der Waals surface area contributed by atoms with Crippen molar-refractivity contribution in [3.63, 3.8) is 0 Å². The van der Waals surface area contributed by atoms with Gasteiger partial charge in [-0.3, -0.25) is 0 Å². The van der Waals surface area contributed by atoms with Crippen molar-refractivity contribution in [3.8, 4) is 0 Å². The van der Waals surface area contributed by atoms with Gasteiger partial charge in [-0.2, -0.15) is 0 Å². The Labute approximate surface area is 125 Å². The second-order valence-corrected chi connectivity index (χ2v) is 7.52. The Hall–Kier alpha value is -1.17. The van der Waals surface area contributed by atoms with E-state index >= 15 is 0 Å². The summed E-state index contributed by atoms with van der Waals surface area (Å²) in [7, 11) is -3.32. The maximum Gasteiger partial charge on any atom is 0.199 e. The Morgan fingerprint density at radius 1 is 1.19 bits per heavy atom. The number of hydrogen-bond acceptors (Lipinski definition) is 4. The molecule has 0 bridgehead atoms. The Kier molecular flexibility index (Phi) is 4.15. The summed E-state index contributed by atoms with van der Waals surface area (Å²) in [5, 5.41) is 1.32. The lowest BCUT2D eigenvalue weighted by atomic mass is 10.0. The molecule has 2 fully saturated rings. The van der Waals surface area contributed by atoms with Crippen LogP contribution in [0.25, 0.3) is 0 Å². The van der Waals surface area contributed by atoms with Crippen LogP contribution >= 0.6 is 0 Å². The number of benzene rings is 1. The van der Waals surface area contributed by atoms with Crippen LogP contribution < -0.4 is 0 Å². The van der Waals surface area contributed by atoms with Gasteiger partial charge in [0.2, 0.25) is 0 Å². The van der Waals surface area contributed by atoms with Crippen molar-refractivity contribution in [2.24, 2.45) is 5.92 Å². The van der Waals surface area contributed by atoms with Crippen LogP contribution in [0.15, 0.2) is 46.7 Å². The molecule has 2 aliphatic rings. The van der Waals surface area contributed by atoms with Crippen LogP contribution in [0.5, 0.6) is 0 Å². The minimum absolute atomic E-state index is 0.339. The lowest BCUT2D eigenvalue weighted by molar-refractivity contribution is -0.152. The molecule has 0 aromatic heterocycles. The average molecular weight is 308 g/mol. The molecule has 1 spiro atoms. The summed E-state index contributed by atoms with van der Waals surface area (Å²) in [4.78, 5) is 0.339. The van der Waals surface area contributed by atoms with Crippen molar-refractivity contribution >= 4 is 9.84 Å². The third-order valence-corrected chi connectivity index (χ3v) is 5.64. The molecule has 0 amide bonds. The Balaban J connectivity index is 1.58. The molecule has 1 saturated heterocycles. The van der Waals surface area contributed by atoms with Crippen LogP contribution in [0.1, 0.15) is 25.7 Å². The molecule has 1 aromatic carbocycles. The predicted molar refractivity (Wildman–Crippen MR) is 79.4 cm³/mol. The summed E-state index contributed by atoms with van der Waals surface area (Å²) in [5.41, 5.74) is 0. The second-order valence-electron chi connectivity index (χ2n) is 5.68. The van der Waals surface area contributed by atoms with E-state index in [2.05, 4.69) is 0 Å². The van der Waals surface area contributed by atoms with Crippen molar-refractivity contribution in [2.45, 2.75) is 36.4 Å². The lowest BCUT2D eigenvalue weighted by Gasteiger charge is -2.21. The average Bonchev–Trinajstić information content (AvgIpc) is 3.10. The smallest absolute Gasteiger partial charge is 0.199 e. The molecule has 1 heterocycles. The standard InChI is InChI=1S/C16H20O4S/c17-21(18,15-6-2-1-3-7-15)12-4-5-14-8-9-16(13-14)19-10-11-20-16/h1-4,6-7,12,14H,5,8-11,13H2/b12-4+. The molecule has 1 atom stereocenters. The number of rotatable bonds is 4. The van der Waals surface area contributed by atoms with Gasteiger partial charge < -0.3 is 9.47 Å². The van der Waals surface area contributed by atoms with Crippen LogP contribution in [-0.2, 0) is 19.3 Å². The minimum atomic E-state index is -3.32. The summed E-state index contributed by atoms with van der Waals surface area (Å²) < 4.78 is 35.6. The molecule has 1 aromatic rings. The number of allylic oxidation sites excluding steroid dienone is 1. The highest BCUT2D eigenvalue weighted by atomic mass is 32.2. The van der Waals surface area contributed by atoms with E-state index in [1.807, 2.05) is 6.07 Å². The van der Waals surface area contributed by atoms with Crippen molar-refractivity contribution in [1.82, 2.24) is 0 Å². The quantitative estimate of drug-likeness (QED) is 0.858. The molecule has 0 N–H and O–H groups in total. The van der Waals surface area contributed by atoms with E-state index in [-0.39, 0.29) is 5.79 Å². The zero-order chi connectivity index (χ0) is 14.8. The molecule has 1 aliphatic carbocycles. The Morgan fingerprint density at radius 3 is 2.62 bits per heavy atom. The van der Waals surface area contributed by atoms with Gasteiger partial charge in [0.05, 0.1) is 18.1 Å². The first-order chi connectivity index (χ1) is 10.1. The third-order valence-electron chi connectivity index (χ3n) is 4.16. The van der Waals surface area contributed by atoms with Gasteiger partial charge in [-0.1, -0.05) is 24.3 Å². The zero-order valence-electron chi connectivity index (χ0n) is 11.9. The molecular formula is C16H20O4S. The van der Waals surface area contributed by atoms with Gasteiger partial charge in [0.15, 0.2) is 15.6 Å². The first-order valence-corrected chi connectivity index (χ1v) is 8.89. The first kappa shape index (κ1) is 14.8. The first-order valence-electron chi connectivity index (χ1n) is 7.34. The topological polar surface area (TPSA) is 52.6 Å². The molecule has 0 radical (unpaired) electrons. The lowest BCUT2D eigenvalue weighted by Crippen LogP contribution is -2.25. The maximum absolute atomic E-state index is 12.1. The van der Waals surface area contributed by atoms with E-state index in [4.69, 9.17) is 9.47 Å². The second kappa shape index (κ2) is 5.91. The van der Waals surface area contributed by atoms with Gasteiger partial charge in [-0.15, -0.1) is 0 Å². The highest BCUT2D eigenvalue weighted by Crippen LogP contribution is 2.42. The van der Waals surface area contributed by atoms with E-state index in [0.29, 0.717) is 24.0 Å². The maximum atomic E-state index is 12.1. The fraction of sp³-hybridized carbons (Fsp3) is 0.500. The summed E-state index contributed by atoms with van der Waals surface area (Å²) in [6, 6.07) is 8.50. The number of hydrogen-bond donors (Lipinski definition) is 0. The molecule has 21 heavy (non-hydrogen) atoms. The Bertz CT molecular complexity index is 600. The summed E-state index contributed by atoms with van der Waals surface area (Å²) in [6.45, 7) is 1.34. The van der Waals surface area contributed by atoms with Gasteiger partial charge in [-0.25, -0.2) is 8.42 Å². The molecule has 114 valence electrons. The van der Waals surface area contributed by atoms with Crippen molar-refractivity contribution in [1.29, 1.82) is 0 Å². The molecule has 1 saturated carbocycles. The van der Waals surface area contributed by atoms with Crippen LogP contribution in [0, 0.1) is 5.92 Å². The van der Waals surface area contributed by atoms with Crippen LogP contribution in [0.4, 0.5) is 0 Å². The molecule has 1 aliphatic heterocycles. The summed E-state index contributed by atoms with van der Waals surface area (Å²) in [6.07, 6.45) is 5.32. The molecule has 3 rings (SSSR count). The summed E-state index contributed by atoms with van der Waals surface area (Å²) >= 11 is 0. The largest absolute Gasteiger partial charge is 0.348 e. The zero-order valence-corrected chi connectivity index (χ0v) is 12.7. The van der Waals surface area contributed by atoms with Crippen LogP contribution in [-0.4, -0.2) is 27.4 Å². The predicted octanol–water partition coefficient (Wildman–Crippen LogP) is 2.91. The van der Waals surface area contributed by atoms with Gasteiger partial charge in [0, 0.05) is 18.2 Å². The van der Waals surface area contributed by atoms with Crippen LogP contribution in [0.3, 0.4) is 0 Å². The highest BCUT2D eigenvalue weighted by molar-refractivity contribution is 7.94. The monoisotopic (exact) mass is 308 g/mol. The van der Waals surface area contributed by atoms with E-state index in [1.54, 1.807) is 30.3 Å². The SMILES string of the molecule is O=S(=O)(/C=C/CC1CCC2(C1)OCCO2)c1ccccc1. The van der Waals surface area contributed by atoms with Crippen LogP contribution in [0.2, 0.25) is 0 Å².